The molecule has 0 heterocycles. The van der Waals surface area contributed by atoms with Crippen molar-refractivity contribution in [2.24, 2.45) is 5.41 Å². The number of nitrogens with one attached hydrogen (secondary N) is 1. The number of carboxylic acids is 1. The van der Waals surface area contributed by atoms with Gasteiger partial charge in [-0.05, 0) is 43.7 Å². The summed E-state index contributed by atoms with van der Waals surface area (Å²) >= 11 is 0. The zero-order chi connectivity index (χ0) is 14.0. The fourth-order valence-corrected chi connectivity index (χ4v) is 1.87. The maximum Gasteiger partial charge on any atom is 0.310 e. The lowest BCUT2D eigenvalue weighted by molar-refractivity contribution is -0.146. The molecule has 3 heteroatoms. The smallest absolute Gasteiger partial charge is 0.310 e. The van der Waals surface area contributed by atoms with E-state index in [1.54, 1.807) is 13.8 Å². The second-order valence-corrected chi connectivity index (χ2v) is 5.61. The Morgan fingerprint density at radius 1 is 1.16 bits per heavy atom. The van der Waals surface area contributed by atoms with Crippen LogP contribution in [-0.2, 0) is 4.79 Å². The van der Waals surface area contributed by atoms with E-state index in [0.29, 0.717) is 6.54 Å². The van der Waals surface area contributed by atoms with Gasteiger partial charge in [0, 0.05) is 12.2 Å². The minimum absolute atomic E-state index is 0.402. The van der Waals surface area contributed by atoms with Crippen LogP contribution in [0.25, 0.3) is 10.8 Å². The van der Waals surface area contributed by atoms with Crippen LogP contribution in [0.15, 0.2) is 36.4 Å². The largest absolute Gasteiger partial charge is 0.481 e. The van der Waals surface area contributed by atoms with Crippen LogP contribution in [-0.4, -0.2) is 17.6 Å². The molecule has 2 aromatic carbocycles. The van der Waals surface area contributed by atoms with Crippen LogP contribution >= 0.6 is 0 Å². The van der Waals surface area contributed by atoms with Gasteiger partial charge in [-0.25, -0.2) is 0 Å². The second kappa shape index (κ2) is 4.92. The third kappa shape index (κ3) is 3.05. The molecule has 19 heavy (non-hydrogen) atoms. The molecule has 2 aromatic rings. The summed E-state index contributed by atoms with van der Waals surface area (Å²) in [5.74, 6) is -0.795. The topological polar surface area (TPSA) is 49.3 Å². The molecule has 0 saturated carbocycles. The molecule has 2 N–H and O–H groups in total. The third-order valence-corrected chi connectivity index (χ3v) is 3.31. The molecular formula is C16H19NO2. The third-order valence-electron chi connectivity index (χ3n) is 3.31. The van der Waals surface area contributed by atoms with Crippen LogP contribution in [0.4, 0.5) is 5.69 Å². The van der Waals surface area contributed by atoms with Gasteiger partial charge in [0.2, 0.25) is 0 Å². The van der Waals surface area contributed by atoms with Gasteiger partial charge in [-0.2, -0.15) is 0 Å². The van der Waals surface area contributed by atoms with E-state index in [1.807, 2.05) is 12.1 Å². The number of hydrogen-bond acceptors (Lipinski definition) is 2. The molecule has 0 bridgehead atoms. The average molecular weight is 257 g/mol. The minimum atomic E-state index is -0.795. The number of rotatable bonds is 4. The number of hydrogen-bond donors (Lipinski definition) is 2. The van der Waals surface area contributed by atoms with E-state index in [0.717, 1.165) is 11.1 Å². The zero-order valence-electron chi connectivity index (χ0n) is 11.5. The highest BCUT2D eigenvalue weighted by Gasteiger charge is 2.26. The fourth-order valence-electron chi connectivity index (χ4n) is 1.87. The molecule has 0 saturated heterocycles. The molecule has 0 aromatic heterocycles. The molecule has 0 fully saturated rings. The Bertz CT molecular complexity index is 617. The first kappa shape index (κ1) is 13.4. The van der Waals surface area contributed by atoms with Crippen molar-refractivity contribution < 1.29 is 9.90 Å². The standard InChI is InChI=1S/C16H19NO2/c1-11-4-5-13-9-14(7-6-12(13)8-11)17-10-16(2,3)15(18)19/h4-9,17H,10H2,1-3H3,(H,18,19). The molecule has 3 nitrogen and oxygen atoms in total. The molecule has 0 aliphatic carbocycles. The van der Waals surface area contributed by atoms with Gasteiger partial charge in [-0.15, -0.1) is 0 Å². The van der Waals surface area contributed by atoms with Gasteiger partial charge in [0.25, 0.3) is 0 Å². The summed E-state index contributed by atoms with van der Waals surface area (Å²) in [4.78, 5) is 11.1. The van der Waals surface area contributed by atoms with Crippen molar-refractivity contribution in [3.63, 3.8) is 0 Å². The van der Waals surface area contributed by atoms with E-state index in [9.17, 15) is 4.79 Å². The molecule has 100 valence electrons. The number of fused-ring (bicyclic) bond motifs is 1. The quantitative estimate of drug-likeness (QED) is 0.878. The lowest BCUT2D eigenvalue weighted by Crippen LogP contribution is -2.31. The van der Waals surface area contributed by atoms with Crippen LogP contribution in [0, 0.1) is 12.3 Å². The van der Waals surface area contributed by atoms with Gasteiger partial charge < -0.3 is 10.4 Å². The summed E-state index contributed by atoms with van der Waals surface area (Å²) in [5.41, 5.74) is 1.41. The first-order valence-corrected chi connectivity index (χ1v) is 6.36. The highest BCUT2D eigenvalue weighted by atomic mass is 16.4. The number of carbonyl (C=O) groups is 1. The molecule has 0 unspecified atom stereocenters. The molecule has 2 rings (SSSR count). The number of carboxylic acid groups (broad SMARTS) is 1. The Balaban J connectivity index is 2.18. The van der Waals surface area contributed by atoms with E-state index >= 15 is 0 Å². The van der Waals surface area contributed by atoms with E-state index in [1.165, 1.54) is 10.9 Å². The molecule has 0 aliphatic heterocycles. The van der Waals surface area contributed by atoms with Gasteiger partial charge >= 0.3 is 5.97 Å². The first-order chi connectivity index (χ1) is 8.88. The Morgan fingerprint density at radius 3 is 2.47 bits per heavy atom. The summed E-state index contributed by atoms with van der Waals surface area (Å²) in [6.07, 6.45) is 0. The van der Waals surface area contributed by atoms with Crippen LogP contribution < -0.4 is 5.32 Å². The predicted molar refractivity (Wildman–Crippen MR) is 78.6 cm³/mol. The van der Waals surface area contributed by atoms with Gasteiger partial charge in [0.1, 0.15) is 0 Å². The van der Waals surface area contributed by atoms with Crippen LogP contribution in [0.2, 0.25) is 0 Å². The molecule has 0 radical (unpaired) electrons. The minimum Gasteiger partial charge on any atom is -0.481 e. The summed E-state index contributed by atoms with van der Waals surface area (Å²) in [5, 5.41) is 14.6. The molecule has 0 amide bonds. The lowest BCUT2D eigenvalue weighted by atomic mass is 9.94. The van der Waals surface area contributed by atoms with Crippen LogP contribution in [0.3, 0.4) is 0 Å². The zero-order valence-corrected chi connectivity index (χ0v) is 11.5. The predicted octanol–water partition coefficient (Wildman–Crippen LogP) is 3.67. The Morgan fingerprint density at radius 2 is 1.79 bits per heavy atom. The maximum atomic E-state index is 11.1. The fraction of sp³-hybridized carbons (Fsp3) is 0.312. The highest BCUT2D eigenvalue weighted by Crippen LogP contribution is 2.22. The Labute approximate surface area is 113 Å². The van der Waals surface area contributed by atoms with Crippen molar-refractivity contribution in [1.29, 1.82) is 0 Å². The molecule has 0 atom stereocenters. The summed E-state index contributed by atoms with van der Waals surface area (Å²) in [6.45, 7) is 5.90. The number of anilines is 1. The van der Waals surface area contributed by atoms with Gasteiger partial charge in [-0.1, -0.05) is 29.8 Å². The van der Waals surface area contributed by atoms with Crippen molar-refractivity contribution in [3.05, 3.63) is 42.0 Å². The van der Waals surface area contributed by atoms with Gasteiger partial charge in [0.05, 0.1) is 5.41 Å². The number of benzene rings is 2. The molecule has 0 spiro atoms. The molecule has 0 aliphatic rings. The van der Waals surface area contributed by atoms with Crippen molar-refractivity contribution in [2.75, 3.05) is 11.9 Å². The van der Waals surface area contributed by atoms with Crippen molar-refractivity contribution in [2.45, 2.75) is 20.8 Å². The van der Waals surface area contributed by atoms with E-state index in [4.69, 9.17) is 5.11 Å². The van der Waals surface area contributed by atoms with Gasteiger partial charge in [0.15, 0.2) is 0 Å². The molecular weight excluding hydrogens is 238 g/mol. The Hall–Kier alpha value is -2.03. The highest BCUT2D eigenvalue weighted by molar-refractivity contribution is 5.86. The monoisotopic (exact) mass is 257 g/mol. The average Bonchev–Trinajstić information content (AvgIpc) is 2.36. The van der Waals surface area contributed by atoms with Gasteiger partial charge in [-0.3, -0.25) is 4.79 Å². The normalized spacial score (nSPS) is 11.5. The maximum absolute atomic E-state index is 11.1. The summed E-state index contributed by atoms with van der Waals surface area (Å²) in [6, 6.07) is 12.4. The SMILES string of the molecule is Cc1ccc2cc(NCC(C)(C)C(=O)O)ccc2c1. The van der Waals surface area contributed by atoms with E-state index in [2.05, 4.69) is 36.5 Å². The van der Waals surface area contributed by atoms with Crippen molar-refractivity contribution in [3.8, 4) is 0 Å². The first-order valence-electron chi connectivity index (χ1n) is 6.36. The summed E-state index contributed by atoms with van der Waals surface area (Å²) < 4.78 is 0. The van der Waals surface area contributed by atoms with E-state index < -0.39 is 11.4 Å². The summed E-state index contributed by atoms with van der Waals surface area (Å²) in [7, 11) is 0. The second-order valence-electron chi connectivity index (χ2n) is 5.61. The van der Waals surface area contributed by atoms with Crippen molar-refractivity contribution >= 4 is 22.4 Å². The number of aliphatic carboxylic acids is 1. The van der Waals surface area contributed by atoms with E-state index in [-0.39, 0.29) is 0 Å². The Kier molecular flexibility index (Phi) is 3.47. The lowest BCUT2D eigenvalue weighted by Gasteiger charge is -2.20. The number of aryl methyl sites for hydroxylation is 1. The van der Waals surface area contributed by atoms with Crippen LogP contribution in [0.1, 0.15) is 19.4 Å². The van der Waals surface area contributed by atoms with Crippen molar-refractivity contribution in [1.82, 2.24) is 0 Å². The van der Waals surface area contributed by atoms with Crippen LogP contribution in [0.5, 0.6) is 0 Å².